The Morgan fingerprint density at radius 2 is 1.91 bits per heavy atom. The molecule has 22 heavy (non-hydrogen) atoms. The fraction of sp³-hybridized carbons (Fsp3) is 0.235. The summed E-state index contributed by atoms with van der Waals surface area (Å²) in [5.41, 5.74) is 14.7. The molecule has 0 radical (unpaired) electrons. The first-order valence-corrected chi connectivity index (χ1v) is 7.66. The van der Waals surface area contributed by atoms with Crippen LogP contribution in [-0.4, -0.2) is 12.5 Å². The Bertz CT molecular complexity index is 726. The molecule has 4 nitrogen and oxygen atoms in total. The van der Waals surface area contributed by atoms with E-state index in [0.717, 1.165) is 18.2 Å². The zero-order valence-electron chi connectivity index (χ0n) is 12.1. The number of hydrogen-bond acceptors (Lipinski definition) is 3. The van der Waals surface area contributed by atoms with Crippen LogP contribution in [0.4, 0.5) is 11.4 Å². The van der Waals surface area contributed by atoms with Crippen LogP contribution in [0.5, 0.6) is 0 Å². The highest BCUT2D eigenvalue weighted by atomic mass is 35.5. The minimum absolute atomic E-state index is 0.433. The van der Waals surface area contributed by atoms with Gasteiger partial charge in [0.25, 0.3) is 0 Å². The number of carbonyl (C=O) groups is 1. The van der Waals surface area contributed by atoms with Crippen molar-refractivity contribution in [1.29, 1.82) is 0 Å². The fourth-order valence-electron chi connectivity index (χ4n) is 2.46. The lowest BCUT2D eigenvalue weighted by molar-refractivity contribution is 0.100. The fourth-order valence-corrected chi connectivity index (χ4v) is 2.73. The summed E-state index contributed by atoms with van der Waals surface area (Å²) >= 11 is 6.42. The zero-order valence-corrected chi connectivity index (χ0v) is 12.9. The largest absolute Gasteiger partial charge is 0.396 e. The summed E-state index contributed by atoms with van der Waals surface area (Å²) < 4.78 is 0. The molecule has 0 saturated heterocycles. The second-order valence-electron chi connectivity index (χ2n) is 5.62. The van der Waals surface area contributed by atoms with Gasteiger partial charge in [-0.25, -0.2) is 0 Å². The first-order valence-electron chi connectivity index (χ1n) is 7.29. The van der Waals surface area contributed by atoms with E-state index in [0.29, 0.717) is 27.4 Å². The molecule has 0 heterocycles. The number of nitrogen functional groups attached to an aromatic ring is 1. The van der Waals surface area contributed by atoms with Crippen LogP contribution < -0.4 is 16.8 Å². The van der Waals surface area contributed by atoms with Crippen LogP contribution in [0.1, 0.15) is 23.2 Å². The minimum Gasteiger partial charge on any atom is -0.396 e. The number of nitrogens with two attached hydrogens (primary N) is 2. The summed E-state index contributed by atoms with van der Waals surface area (Å²) in [5.74, 6) is 0.259. The van der Waals surface area contributed by atoms with Gasteiger partial charge in [-0.05, 0) is 36.5 Å². The number of nitrogens with one attached hydrogen (secondary N) is 1. The molecule has 1 aliphatic carbocycles. The molecule has 0 bridgehead atoms. The number of hydrogen-bond donors (Lipinski definition) is 3. The van der Waals surface area contributed by atoms with Gasteiger partial charge in [-0.2, -0.15) is 0 Å². The Balaban J connectivity index is 1.98. The van der Waals surface area contributed by atoms with Crippen LogP contribution in [0.25, 0.3) is 11.1 Å². The maximum Gasteiger partial charge on any atom is 0.249 e. The topological polar surface area (TPSA) is 81.1 Å². The Labute approximate surface area is 134 Å². The van der Waals surface area contributed by atoms with E-state index in [1.807, 2.05) is 24.3 Å². The number of carbonyl (C=O) groups excluding carboxylic acids is 1. The molecule has 1 aliphatic rings. The third-order valence-electron chi connectivity index (χ3n) is 3.94. The summed E-state index contributed by atoms with van der Waals surface area (Å²) in [5, 5.41) is 3.77. The van der Waals surface area contributed by atoms with E-state index in [2.05, 4.69) is 5.32 Å². The van der Waals surface area contributed by atoms with E-state index in [1.165, 1.54) is 12.8 Å². The van der Waals surface area contributed by atoms with Gasteiger partial charge in [0, 0.05) is 17.7 Å². The average Bonchev–Trinajstić information content (AvgIpc) is 3.33. The van der Waals surface area contributed by atoms with Crippen molar-refractivity contribution in [3.63, 3.8) is 0 Å². The third-order valence-corrected chi connectivity index (χ3v) is 4.35. The molecule has 0 aromatic heterocycles. The van der Waals surface area contributed by atoms with Gasteiger partial charge < -0.3 is 16.8 Å². The van der Waals surface area contributed by atoms with Gasteiger partial charge in [-0.15, -0.1) is 0 Å². The number of anilines is 2. The number of primary amides is 1. The van der Waals surface area contributed by atoms with E-state index in [1.54, 1.807) is 12.1 Å². The molecule has 3 rings (SSSR count). The standard InChI is InChI=1S/C17H18ClN3O/c18-15-12(11-3-1-2-4-13(11)17(20)22)7-8-14(16(15)19)21-9-10-5-6-10/h1-4,7-8,10,21H,5-6,9,19H2,(H2,20,22). The van der Waals surface area contributed by atoms with Gasteiger partial charge in [0.1, 0.15) is 0 Å². The predicted octanol–water partition coefficient (Wildman–Crippen LogP) is 3.51. The molecule has 2 aromatic carbocycles. The highest BCUT2D eigenvalue weighted by Gasteiger charge is 2.21. The van der Waals surface area contributed by atoms with Gasteiger partial charge >= 0.3 is 0 Å². The number of halogens is 1. The number of rotatable bonds is 5. The van der Waals surface area contributed by atoms with Crippen LogP contribution in [0.3, 0.4) is 0 Å². The maximum atomic E-state index is 11.6. The van der Waals surface area contributed by atoms with Crippen molar-refractivity contribution >= 4 is 28.9 Å². The van der Waals surface area contributed by atoms with Crippen LogP contribution in [-0.2, 0) is 0 Å². The van der Waals surface area contributed by atoms with E-state index < -0.39 is 5.91 Å². The Morgan fingerprint density at radius 1 is 1.18 bits per heavy atom. The normalized spacial score (nSPS) is 13.9. The van der Waals surface area contributed by atoms with Gasteiger partial charge in [0.05, 0.1) is 16.4 Å². The van der Waals surface area contributed by atoms with E-state index in [9.17, 15) is 4.79 Å². The van der Waals surface area contributed by atoms with Crippen molar-refractivity contribution in [1.82, 2.24) is 0 Å². The SMILES string of the molecule is NC(=O)c1ccccc1-c1ccc(NCC2CC2)c(N)c1Cl. The molecule has 5 N–H and O–H groups in total. The van der Waals surface area contributed by atoms with Crippen LogP contribution in [0.15, 0.2) is 36.4 Å². The summed E-state index contributed by atoms with van der Waals surface area (Å²) in [6.07, 6.45) is 2.54. The Morgan fingerprint density at radius 3 is 2.59 bits per heavy atom. The molecular weight excluding hydrogens is 298 g/mol. The molecule has 0 unspecified atom stereocenters. The lowest BCUT2D eigenvalue weighted by atomic mass is 9.98. The van der Waals surface area contributed by atoms with Crippen molar-refractivity contribution < 1.29 is 4.79 Å². The van der Waals surface area contributed by atoms with E-state index >= 15 is 0 Å². The second kappa shape index (κ2) is 5.89. The van der Waals surface area contributed by atoms with E-state index in [4.69, 9.17) is 23.1 Å². The minimum atomic E-state index is -0.485. The quantitative estimate of drug-likeness (QED) is 0.738. The molecule has 1 saturated carbocycles. The smallest absolute Gasteiger partial charge is 0.249 e. The molecular formula is C17H18ClN3O. The molecule has 0 spiro atoms. The highest BCUT2D eigenvalue weighted by Crippen LogP contribution is 2.39. The van der Waals surface area contributed by atoms with Gasteiger partial charge in [-0.3, -0.25) is 4.79 Å². The summed E-state index contributed by atoms with van der Waals surface area (Å²) in [6, 6.07) is 10.9. The Hall–Kier alpha value is -2.20. The highest BCUT2D eigenvalue weighted by molar-refractivity contribution is 6.36. The van der Waals surface area contributed by atoms with Crippen molar-refractivity contribution in [3.05, 3.63) is 47.0 Å². The number of benzene rings is 2. The molecule has 114 valence electrons. The summed E-state index contributed by atoms with van der Waals surface area (Å²) in [6.45, 7) is 0.914. The van der Waals surface area contributed by atoms with Gasteiger partial charge in [-0.1, -0.05) is 35.9 Å². The van der Waals surface area contributed by atoms with Crippen molar-refractivity contribution in [3.8, 4) is 11.1 Å². The molecule has 2 aromatic rings. The first kappa shape index (κ1) is 14.7. The molecule has 0 aliphatic heterocycles. The second-order valence-corrected chi connectivity index (χ2v) is 6.00. The maximum absolute atomic E-state index is 11.6. The lowest BCUT2D eigenvalue weighted by Crippen LogP contribution is -2.12. The van der Waals surface area contributed by atoms with E-state index in [-0.39, 0.29) is 0 Å². The van der Waals surface area contributed by atoms with Crippen LogP contribution in [0, 0.1) is 5.92 Å². The first-order chi connectivity index (χ1) is 10.6. The number of amides is 1. The van der Waals surface area contributed by atoms with Gasteiger partial charge in [0.2, 0.25) is 5.91 Å². The molecule has 1 amide bonds. The lowest BCUT2D eigenvalue weighted by Gasteiger charge is -2.15. The summed E-state index contributed by atoms with van der Waals surface area (Å²) in [7, 11) is 0. The van der Waals surface area contributed by atoms with Crippen molar-refractivity contribution in [2.75, 3.05) is 17.6 Å². The van der Waals surface area contributed by atoms with Crippen molar-refractivity contribution in [2.45, 2.75) is 12.8 Å². The zero-order chi connectivity index (χ0) is 15.7. The summed E-state index contributed by atoms with van der Waals surface area (Å²) in [4.78, 5) is 11.6. The third kappa shape index (κ3) is 2.88. The predicted molar refractivity (Wildman–Crippen MR) is 91.0 cm³/mol. The Kier molecular flexibility index (Phi) is 3.94. The molecule has 5 heteroatoms. The van der Waals surface area contributed by atoms with Crippen molar-refractivity contribution in [2.24, 2.45) is 11.7 Å². The molecule has 1 fully saturated rings. The van der Waals surface area contributed by atoms with Crippen LogP contribution in [0.2, 0.25) is 5.02 Å². The monoisotopic (exact) mass is 315 g/mol. The average molecular weight is 316 g/mol. The van der Waals surface area contributed by atoms with Gasteiger partial charge in [0.15, 0.2) is 0 Å². The van der Waals surface area contributed by atoms with Crippen LogP contribution >= 0.6 is 11.6 Å². The molecule has 0 atom stereocenters.